The standard InChI is InChI=1S/C8H13N3O3/c1-2-3-11(5-8(12)13)4-7-9-6-10-14-7/h6H,2-5H2,1H3,(H,12,13). The maximum absolute atomic E-state index is 10.5. The summed E-state index contributed by atoms with van der Waals surface area (Å²) < 4.78 is 4.80. The average Bonchev–Trinajstić information content (AvgIpc) is 2.56. The van der Waals surface area contributed by atoms with Gasteiger partial charge in [-0.3, -0.25) is 9.69 Å². The summed E-state index contributed by atoms with van der Waals surface area (Å²) in [6.45, 7) is 3.08. The zero-order valence-corrected chi connectivity index (χ0v) is 8.01. The van der Waals surface area contributed by atoms with Gasteiger partial charge in [-0.05, 0) is 13.0 Å². The molecule has 1 aromatic heterocycles. The first-order valence-electron chi connectivity index (χ1n) is 4.42. The predicted molar refractivity (Wildman–Crippen MR) is 47.5 cm³/mol. The topological polar surface area (TPSA) is 79.5 Å². The van der Waals surface area contributed by atoms with Gasteiger partial charge in [0.05, 0.1) is 13.1 Å². The second-order valence-corrected chi connectivity index (χ2v) is 2.94. The number of aliphatic carboxylic acids is 1. The molecule has 0 saturated carbocycles. The lowest BCUT2D eigenvalue weighted by Gasteiger charge is -2.16. The highest BCUT2D eigenvalue weighted by Crippen LogP contribution is 2.00. The summed E-state index contributed by atoms with van der Waals surface area (Å²) in [5, 5.41) is 12.1. The van der Waals surface area contributed by atoms with Crippen LogP contribution < -0.4 is 0 Å². The van der Waals surface area contributed by atoms with Crippen molar-refractivity contribution in [3.63, 3.8) is 0 Å². The van der Waals surface area contributed by atoms with Gasteiger partial charge in [-0.1, -0.05) is 12.1 Å². The second-order valence-electron chi connectivity index (χ2n) is 2.94. The number of nitrogens with zero attached hydrogens (tertiary/aromatic N) is 3. The molecule has 0 bridgehead atoms. The van der Waals surface area contributed by atoms with Crippen molar-refractivity contribution < 1.29 is 14.4 Å². The van der Waals surface area contributed by atoms with Crippen molar-refractivity contribution in [2.45, 2.75) is 19.9 Å². The number of carboxylic acids is 1. The van der Waals surface area contributed by atoms with Gasteiger partial charge in [-0.2, -0.15) is 4.98 Å². The second kappa shape index (κ2) is 5.33. The molecule has 0 aliphatic heterocycles. The van der Waals surface area contributed by atoms with E-state index in [2.05, 4.69) is 10.1 Å². The van der Waals surface area contributed by atoms with Crippen molar-refractivity contribution in [1.29, 1.82) is 0 Å². The lowest BCUT2D eigenvalue weighted by Crippen LogP contribution is -2.30. The van der Waals surface area contributed by atoms with E-state index in [-0.39, 0.29) is 6.54 Å². The third-order valence-corrected chi connectivity index (χ3v) is 1.66. The molecule has 0 saturated heterocycles. The minimum atomic E-state index is -0.849. The molecule has 0 atom stereocenters. The van der Waals surface area contributed by atoms with Gasteiger partial charge in [-0.25, -0.2) is 0 Å². The molecule has 1 aromatic rings. The summed E-state index contributed by atoms with van der Waals surface area (Å²) in [5.74, 6) is -0.405. The molecule has 0 spiro atoms. The fraction of sp³-hybridized carbons (Fsp3) is 0.625. The Morgan fingerprint density at radius 2 is 2.50 bits per heavy atom. The monoisotopic (exact) mass is 199 g/mol. The Kier molecular flexibility index (Phi) is 4.06. The molecule has 0 unspecified atom stereocenters. The Labute approximate surface area is 81.5 Å². The molecule has 0 aliphatic rings. The lowest BCUT2D eigenvalue weighted by atomic mass is 10.4. The van der Waals surface area contributed by atoms with E-state index in [1.807, 2.05) is 6.92 Å². The van der Waals surface area contributed by atoms with Crippen LogP contribution in [0.25, 0.3) is 0 Å². The van der Waals surface area contributed by atoms with Crippen molar-refractivity contribution >= 4 is 5.97 Å². The smallest absolute Gasteiger partial charge is 0.317 e. The Bertz CT molecular complexity index is 273. The van der Waals surface area contributed by atoms with E-state index in [4.69, 9.17) is 9.63 Å². The third-order valence-electron chi connectivity index (χ3n) is 1.66. The third kappa shape index (κ3) is 3.53. The number of carboxylic acid groups (broad SMARTS) is 1. The summed E-state index contributed by atoms with van der Waals surface area (Å²) in [5.41, 5.74) is 0. The van der Waals surface area contributed by atoms with Gasteiger partial charge in [0.25, 0.3) is 0 Å². The SMILES string of the molecule is CCCN(CC(=O)O)Cc1ncno1. The van der Waals surface area contributed by atoms with Crippen LogP contribution in [-0.4, -0.2) is 39.2 Å². The summed E-state index contributed by atoms with van der Waals surface area (Å²) in [7, 11) is 0. The molecule has 14 heavy (non-hydrogen) atoms. The van der Waals surface area contributed by atoms with Crippen molar-refractivity contribution in [3.05, 3.63) is 12.2 Å². The normalized spacial score (nSPS) is 10.7. The van der Waals surface area contributed by atoms with Crippen molar-refractivity contribution in [2.24, 2.45) is 0 Å². The van der Waals surface area contributed by atoms with Crippen LogP contribution in [0.4, 0.5) is 0 Å². The number of rotatable bonds is 6. The molecule has 1 heterocycles. The summed E-state index contributed by atoms with van der Waals surface area (Å²) in [6, 6.07) is 0. The maximum atomic E-state index is 10.5. The summed E-state index contributed by atoms with van der Waals surface area (Å²) >= 11 is 0. The van der Waals surface area contributed by atoms with E-state index < -0.39 is 5.97 Å². The Hall–Kier alpha value is -1.43. The molecule has 0 amide bonds. The average molecular weight is 199 g/mol. The van der Waals surface area contributed by atoms with Gasteiger partial charge < -0.3 is 9.63 Å². The van der Waals surface area contributed by atoms with E-state index in [0.29, 0.717) is 19.0 Å². The number of carbonyl (C=O) groups is 1. The van der Waals surface area contributed by atoms with Crippen LogP contribution in [0.15, 0.2) is 10.9 Å². The van der Waals surface area contributed by atoms with Crippen LogP contribution in [0.1, 0.15) is 19.2 Å². The van der Waals surface area contributed by atoms with E-state index >= 15 is 0 Å². The van der Waals surface area contributed by atoms with Gasteiger partial charge >= 0.3 is 5.97 Å². The first-order chi connectivity index (χ1) is 6.72. The fourth-order valence-electron chi connectivity index (χ4n) is 1.18. The molecule has 78 valence electrons. The van der Waals surface area contributed by atoms with Crippen molar-refractivity contribution in [2.75, 3.05) is 13.1 Å². The molecule has 0 radical (unpaired) electrons. The minimum Gasteiger partial charge on any atom is -0.480 e. The first kappa shape index (κ1) is 10.6. The van der Waals surface area contributed by atoms with Crippen LogP contribution in [0.3, 0.4) is 0 Å². The lowest BCUT2D eigenvalue weighted by molar-refractivity contribution is -0.138. The maximum Gasteiger partial charge on any atom is 0.317 e. The largest absolute Gasteiger partial charge is 0.480 e. The molecule has 0 aliphatic carbocycles. The number of aromatic nitrogens is 2. The van der Waals surface area contributed by atoms with Crippen LogP contribution in [0.5, 0.6) is 0 Å². The molecule has 1 rings (SSSR count). The van der Waals surface area contributed by atoms with E-state index in [0.717, 1.165) is 6.42 Å². The van der Waals surface area contributed by atoms with E-state index in [9.17, 15) is 4.79 Å². The fourth-order valence-corrected chi connectivity index (χ4v) is 1.18. The van der Waals surface area contributed by atoms with Crippen LogP contribution in [0, 0.1) is 0 Å². The van der Waals surface area contributed by atoms with Gasteiger partial charge in [0.1, 0.15) is 0 Å². The predicted octanol–water partition coefficient (Wildman–Crippen LogP) is 0.366. The highest BCUT2D eigenvalue weighted by atomic mass is 16.5. The van der Waals surface area contributed by atoms with Crippen LogP contribution in [-0.2, 0) is 11.3 Å². The molecular formula is C8H13N3O3. The number of hydrogen-bond acceptors (Lipinski definition) is 5. The van der Waals surface area contributed by atoms with Gasteiger partial charge in [-0.15, -0.1) is 0 Å². The van der Waals surface area contributed by atoms with Gasteiger partial charge in [0.2, 0.25) is 5.89 Å². The zero-order chi connectivity index (χ0) is 10.4. The van der Waals surface area contributed by atoms with Gasteiger partial charge in [0.15, 0.2) is 6.33 Å². The summed E-state index contributed by atoms with van der Waals surface area (Å²) in [4.78, 5) is 16.1. The first-order valence-corrected chi connectivity index (χ1v) is 4.42. The Morgan fingerprint density at radius 3 is 3.00 bits per heavy atom. The Morgan fingerprint density at radius 1 is 1.71 bits per heavy atom. The molecule has 6 heteroatoms. The van der Waals surface area contributed by atoms with Gasteiger partial charge in [0, 0.05) is 0 Å². The molecule has 6 nitrogen and oxygen atoms in total. The number of hydrogen-bond donors (Lipinski definition) is 1. The molecule has 1 N–H and O–H groups in total. The zero-order valence-electron chi connectivity index (χ0n) is 8.01. The highest BCUT2D eigenvalue weighted by Gasteiger charge is 2.11. The van der Waals surface area contributed by atoms with Crippen LogP contribution >= 0.6 is 0 Å². The van der Waals surface area contributed by atoms with E-state index in [1.54, 1.807) is 4.90 Å². The van der Waals surface area contributed by atoms with E-state index in [1.165, 1.54) is 6.33 Å². The quantitative estimate of drug-likeness (QED) is 0.712. The minimum absolute atomic E-state index is 0.00375. The summed E-state index contributed by atoms with van der Waals surface area (Å²) in [6.07, 6.45) is 2.20. The molecular weight excluding hydrogens is 186 g/mol. The molecule has 0 aromatic carbocycles. The van der Waals surface area contributed by atoms with Crippen molar-refractivity contribution in [1.82, 2.24) is 15.0 Å². The highest BCUT2D eigenvalue weighted by molar-refractivity contribution is 5.69. The molecule has 0 fully saturated rings. The van der Waals surface area contributed by atoms with Crippen LogP contribution in [0.2, 0.25) is 0 Å². The van der Waals surface area contributed by atoms with Crippen molar-refractivity contribution in [3.8, 4) is 0 Å². The Balaban J connectivity index is 2.46.